The summed E-state index contributed by atoms with van der Waals surface area (Å²) < 4.78 is 16.7. The number of carbonyl (C=O) groups is 1. The maximum atomic E-state index is 12.9. The van der Waals surface area contributed by atoms with Gasteiger partial charge < -0.3 is 5.32 Å². The maximum absolute atomic E-state index is 12.9. The van der Waals surface area contributed by atoms with Crippen molar-refractivity contribution in [3.05, 3.63) is 35.0 Å². The Kier molecular flexibility index (Phi) is 3.61. The fourth-order valence-corrected chi connectivity index (χ4v) is 2.12. The zero-order valence-electron chi connectivity index (χ0n) is 10.9. The topological polar surface area (TPSA) is 54.9 Å². The molecule has 1 aromatic carbocycles. The smallest absolute Gasteiger partial charge is 0.265 e. The molecule has 1 amide bonds. The van der Waals surface area contributed by atoms with Crippen molar-refractivity contribution in [3.63, 3.8) is 0 Å². The molecule has 0 aliphatic rings. The van der Waals surface area contributed by atoms with Crippen LogP contribution in [0.1, 0.15) is 30.4 Å². The molecule has 0 unspecified atom stereocenters. The average molecular weight is 279 g/mol. The predicted molar refractivity (Wildman–Crippen MR) is 72.5 cm³/mol. The van der Waals surface area contributed by atoms with Crippen molar-refractivity contribution in [1.82, 2.24) is 14.9 Å². The number of nitrogens with one attached hydrogen (secondary N) is 1. The number of hydrogen-bond donors (Lipinski definition) is 1. The van der Waals surface area contributed by atoms with Crippen molar-refractivity contribution in [1.29, 1.82) is 0 Å². The Morgan fingerprint density at radius 1 is 1.26 bits per heavy atom. The molecule has 0 saturated carbocycles. The Morgan fingerprint density at radius 2 is 1.89 bits per heavy atom. The van der Waals surface area contributed by atoms with Gasteiger partial charge in [0, 0.05) is 11.1 Å². The summed E-state index contributed by atoms with van der Waals surface area (Å²) in [7, 11) is 0. The highest BCUT2D eigenvalue weighted by Gasteiger charge is 2.21. The lowest BCUT2D eigenvalue weighted by Crippen LogP contribution is -2.40. The third-order valence-corrected chi connectivity index (χ3v) is 3.03. The molecule has 0 radical (unpaired) electrons. The van der Waals surface area contributed by atoms with E-state index in [1.54, 1.807) is 12.1 Å². The van der Waals surface area contributed by atoms with Crippen LogP contribution in [0.2, 0.25) is 0 Å². The van der Waals surface area contributed by atoms with Crippen molar-refractivity contribution >= 4 is 17.4 Å². The van der Waals surface area contributed by atoms with E-state index in [1.165, 1.54) is 12.1 Å². The summed E-state index contributed by atoms with van der Waals surface area (Å²) in [5.74, 6) is -0.547. The van der Waals surface area contributed by atoms with Gasteiger partial charge in [0.1, 0.15) is 16.4 Å². The summed E-state index contributed by atoms with van der Waals surface area (Å²) >= 11 is 1.03. The Balaban J connectivity index is 2.32. The third kappa shape index (κ3) is 3.35. The number of amides is 1. The number of benzene rings is 1. The van der Waals surface area contributed by atoms with Gasteiger partial charge in [-0.05, 0) is 56.6 Å². The fourth-order valence-electron chi connectivity index (χ4n) is 1.53. The van der Waals surface area contributed by atoms with Gasteiger partial charge >= 0.3 is 0 Å². The monoisotopic (exact) mass is 279 g/mol. The SMILES string of the molecule is CC(C)(C)NC(=O)c1snnc1-c1ccc(F)cc1. The molecule has 0 saturated heterocycles. The molecule has 1 heterocycles. The fraction of sp³-hybridized carbons (Fsp3) is 0.308. The van der Waals surface area contributed by atoms with Gasteiger partial charge in [0.05, 0.1) is 0 Å². The van der Waals surface area contributed by atoms with Crippen LogP contribution >= 0.6 is 11.5 Å². The largest absolute Gasteiger partial charge is 0.347 e. The van der Waals surface area contributed by atoms with Gasteiger partial charge in [0.25, 0.3) is 5.91 Å². The molecular weight excluding hydrogens is 265 g/mol. The minimum atomic E-state index is -0.332. The summed E-state index contributed by atoms with van der Waals surface area (Å²) in [4.78, 5) is 12.6. The molecule has 2 rings (SSSR count). The summed E-state index contributed by atoms with van der Waals surface area (Å²) in [5.41, 5.74) is 0.821. The van der Waals surface area contributed by atoms with Crippen LogP contribution in [0.15, 0.2) is 24.3 Å². The third-order valence-electron chi connectivity index (χ3n) is 2.30. The molecular formula is C13H14FN3OS. The van der Waals surface area contributed by atoms with Crippen LogP contribution in [-0.4, -0.2) is 21.0 Å². The van der Waals surface area contributed by atoms with Crippen LogP contribution in [0, 0.1) is 5.82 Å². The molecule has 4 nitrogen and oxygen atoms in total. The van der Waals surface area contributed by atoms with E-state index in [4.69, 9.17) is 0 Å². The molecule has 100 valence electrons. The molecule has 19 heavy (non-hydrogen) atoms. The standard InChI is InChI=1S/C13H14FN3OS/c1-13(2,3)15-12(18)11-10(16-17-19-11)8-4-6-9(14)7-5-8/h4-7H,1-3H3,(H,15,18). The average Bonchev–Trinajstić information content (AvgIpc) is 2.76. The van der Waals surface area contributed by atoms with Gasteiger partial charge in [-0.3, -0.25) is 4.79 Å². The second-order valence-electron chi connectivity index (χ2n) is 5.16. The zero-order valence-corrected chi connectivity index (χ0v) is 11.7. The summed E-state index contributed by atoms with van der Waals surface area (Å²) in [6.45, 7) is 5.70. The van der Waals surface area contributed by atoms with Gasteiger partial charge in [-0.1, -0.05) is 4.49 Å². The van der Waals surface area contributed by atoms with E-state index in [1.807, 2.05) is 20.8 Å². The Morgan fingerprint density at radius 3 is 2.47 bits per heavy atom. The van der Waals surface area contributed by atoms with Gasteiger partial charge in [0.2, 0.25) is 0 Å². The van der Waals surface area contributed by atoms with Crippen molar-refractivity contribution in [2.45, 2.75) is 26.3 Å². The first kappa shape index (κ1) is 13.6. The Hall–Kier alpha value is -1.82. The summed E-state index contributed by atoms with van der Waals surface area (Å²) in [6.07, 6.45) is 0. The molecule has 0 fully saturated rings. The molecule has 0 aliphatic carbocycles. The summed E-state index contributed by atoms with van der Waals surface area (Å²) in [5, 5.41) is 6.81. The molecule has 1 N–H and O–H groups in total. The highest BCUT2D eigenvalue weighted by atomic mass is 32.1. The van der Waals surface area contributed by atoms with E-state index in [-0.39, 0.29) is 17.3 Å². The highest BCUT2D eigenvalue weighted by Crippen LogP contribution is 2.24. The number of halogens is 1. The first-order chi connectivity index (χ1) is 8.87. The normalized spacial score (nSPS) is 11.4. The van der Waals surface area contributed by atoms with Gasteiger partial charge in [-0.25, -0.2) is 4.39 Å². The number of nitrogens with zero attached hydrogens (tertiary/aromatic N) is 2. The molecule has 0 spiro atoms. The van der Waals surface area contributed by atoms with E-state index in [0.717, 1.165) is 11.5 Å². The van der Waals surface area contributed by atoms with Crippen molar-refractivity contribution in [2.75, 3.05) is 0 Å². The van der Waals surface area contributed by atoms with E-state index >= 15 is 0 Å². The molecule has 6 heteroatoms. The van der Waals surface area contributed by atoms with E-state index in [9.17, 15) is 9.18 Å². The number of hydrogen-bond acceptors (Lipinski definition) is 4. The van der Waals surface area contributed by atoms with E-state index < -0.39 is 0 Å². The molecule has 0 aliphatic heterocycles. The minimum absolute atomic E-state index is 0.221. The van der Waals surface area contributed by atoms with Crippen molar-refractivity contribution in [3.8, 4) is 11.3 Å². The van der Waals surface area contributed by atoms with Gasteiger partial charge in [-0.2, -0.15) is 0 Å². The van der Waals surface area contributed by atoms with Gasteiger partial charge in [0.15, 0.2) is 0 Å². The lowest BCUT2D eigenvalue weighted by atomic mass is 10.1. The van der Waals surface area contributed by atoms with E-state index in [2.05, 4.69) is 14.9 Å². The van der Waals surface area contributed by atoms with Crippen LogP contribution in [0.25, 0.3) is 11.3 Å². The number of carbonyl (C=O) groups excluding carboxylic acids is 1. The van der Waals surface area contributed by atoms with Crippen LogP contribution in [0.3, 0.4) is 0 Å². The lowest BCUT2D eigenvalue weighted by Gasteiger charge is -2.19. The lowest BCUT2D eigenvalue weighted by molar-refractivity contribution is 0.0924. The molecule has 0 atom stereocenters. The maximum Gasteiger partial charge on any atom is 0.265 e. The van der Waals surface area contributed by atoms with Crippen LogP contribution in [0.5, 0.6) is 0 Å². The van der Waals surface area contributed by atoms with Crippen LogP contribution < -0.4 is 5.32 Å². The van der Waals surface area contributed by atoms with Crippen LogP contribution in [-0.2, 0) is 0 Å². The molecule has 2 aromatic rings. The van der Waals surface area contributed by atoms with Gasteiger partial charge in [-0.15, -0.1) is 5.10 Å². The minimum Gasteiger partial charge on any atom is -0.347 e. The van der Waals surface area contributed by atoms with Crippen molar-refractivity contribution in [2.24, 2.45) is 0 Å². The number of rotatable bonds is 2. The first-order valence-electron chi connectivity index (χ1n) is 5.77. The van der Waals surface area contributed by atoms with Crippen molar-refractivity contribution < 1.29 is 9.18 Å². The van der Waals surface area contributed by atoms with E-state index in [0.29, 0.717) is 16.1 Å². The number of aromatic nitrogens is 2. The second-order valence-corrected chi connectivity index (χ2v) is 5.92. The highest BCUT2D eigenvalue weighted by molar-refractivity contribution is 7.08. The molecule has 0 bridgehead atoms. The quantitative estimate of drug-likeness (QED) is 0.919. The predicted octanol–water partition coefficient (Wildman–Crippen LogP) is 2.87. The molecule has 1 aromatic heterocycles. The summed E-state index contributed by atoms with van der Waals surface area (Å²) in [6, 6.07) is 5.83. The van der Waals surface area contributed by atoms with Crippen LogP contribution in [0.4, 0.5) is 4.39 Å². The Labute approximate surface area is 114 Å². The second kappa shape index (κ2) is 5.05. The Bertz CT molecular complexity index is 587. The first-order valence-corrected chi connectivity index (χ1v) is 6.55. The zero-order chi connectivity index (χ0) is 14.0.